The topological polar surface area (TPSA) is 94.1 Å². The Bertz CT molecular complexity index is 294. The maximum Gasteiger partial charge on any atom is 0.500 e. The van der Waals surface area contributed by atoms with Gasteiger partial charge in [-0.1, -0.05) is 0 Å². The van der Waals surface area contributed by atoms with Crippen molar-refractivity contribution in [3.05, 3.63) is 12.2 Å². The van der Waals surface area contributed by atoms with Crippen molar-refractivity contribution in [3.63, 3.8) is 0 Å². The summed E-state index contributed by atoms with van der Waals surface area (Å²) in [5.41, 5.74) is 0. The summed E-state index contributed by atoms with van der Waals surface area (Å²) in [5, 5.41) is 10.9. The Kier molecular flexibility index (Phi) is 8.21. The Hall–Kier alpha value is -1.22. The average molecular weight is 277 g/mol. The third-order valence-electron chi connectivity index (χ3n) is 2.27. The van der Waals surface area contributed by atoms with Crippen molar-refractivity contribution in [1.82, 2.24) is 5.32 Å². The van der Waals surface area contributed by atoms with E-state index in [0.717, 1.165) is 12.2 Å². The molecule has 0 fully saturated rings. The van der Waals surface area contributed by atoms with Gasteiger partial charge >= 0.3 is 14.8 Å². The molecule has 1 amide bonds. The van der Waals surface area contributed by atoms with Gasteiger partial charge < -0.3 is 23.7 Å². The van der Waals surface area contributed by atoms with E-state index < -0.39 is 20.7 Å². The summed E-state index contributed by atoms with van der Waals surface area (Å²) in [6.07, 6.45) is 2.37. The van der Waals surface area contributed by atoms with Crippen molar-refractivity contribution in [3.8, 4) is 0 Å². The number of amides is 1. The highest BCUT2D eigenvalue weighted by molar-refractivity contribution is 6.60. The molecule has 0 atom stereocenters. The predicted octanol–water partition coefficient (Wildman–Crippen LogP) is 0.0116. The Morgan fingerprint density at radius 3 is 2.17 bits per heavy atom. The van der Waals surface area contributed by atoms with Gasteiger partial charge in [0, 0.05) is 46.1 Å². The van der Waals surface area contributed by atoms with Gasteiger partial charge in [-0.25, -0.2) is 4.79 Å². The third-order valence-corrected chi connectivity index (χ3v) is 5.10. The van der Waals surface area contributed by atoms with Gasteiger partial charge in [-0.3, -0.25) is 4.79 Å². The molecule has 0 aromatic carbocycles. The SMILES string of the molecule is CO[Si](CCCNC(=O)C=CC(=O)O)(OC)OC. The van der Waals surface area contributed by atoms with E-state index in [1.54, 1.807) is 0 Å². The van der Waals surface area contributed by atoms with Crippen LogP contribution in [0.4, 0.5) is 0 Å². The van der Waals surface area contributed by atoms with Crippen LogP contribution in [0.5, 0.6) is 0 Å². The molecular formula is C10H19NO6Si. The second kappa shape index (κ2) is 8.81. The number of carboxylic acid groups (broad SMARTS) is 1. The molecule has 0 heterocycles. The maximum atomic E-state index is 11.1. The highest BCUT2D eigenvalue weighted by atomic mass is 28.4. The van der Waals surface area contributed by atoms with Gasteiger partial charge in [0.25, 0.3) is 0 Å². The molecule has 0 rings (SSSR count). The molecule has 0 aliphatic rings. The molecule has 0 radical (unpaired) electrons. The van der Waals surface area contributed by atoms with Crippen LogP contribution in [0.2, 0.25) is 6.04 Å². The first-order valence-corrected chi connectivity index (χ1v) is 7.27. The minimum atomic E-state index is -2.59. The number of hydrogen-bond donors (Lipinski definition) is 2. The fourth-order valence-corrected chi connectivity index (χ4v) is 3.00. The molecule has 18 heavy (non-hydrogen) atoms. The molecule has 0 saturated carbocycles. The summed E-state index contributed by atoms with van der Waals surface area (Å²) in [7, 11) is 1.97. The van der Waals surface area contributed by atoms with Gasteiger partial charge in [0.1, 0.15) is 0 Å². The number of carbonyl (C=O) groups excluding carboxylic acids is 1. The number of aliphatic carboxylic acids is 1. The van der Waals surface area contributed by atoms with Crippen LogP contribution in [0.15, 0.2) is 12.2 Å². The van der Waals surface area contributed by atoms with E-state index >= 15 is 0 Å². The highest BCUT2D eigenvalue weighted by Gasteiger charge is 2.36. The first kappa shape index (κ1) is 16.8. The number of hydrogen-bond acceptors (Lipinski definition) is 5. The summed E-state index contributed by atoms with van der Waals surface area (Å²) < 4.78 is 15.6. The van der Waals surface area contributed by atoms with Crippen LogP contribution >= 0.6 is 0 Å². The Labute approximate surface area is 107 Å². The molecule has 0 aromatic heterocycles. The standard InChI is InChI=1S/C10H19NO6Si/c1-15-18(16-2,17-3)8-4-7-11-9(12)5-6-10(13)14/h5-6H,4,7-8H2,1-3H3,(H,11,12)(H,13,14). The largest absolute Gasteiger partial charge is 0.500 e. The van der Waals surface area contributed by atoms with Crippen LogP contribution in [-0.4, -0.2) is 53.7 Å². The smallest absolute Gasteiger partial charge is 0.478 e. The molecule has 104 valence electrons. The lowest BCUT2D eigenvalue weighted by molar-refractivity contribution is -0.131. The fraction of sp³-hybridized carbons (Fsp3) is 0.600. The Balaban J connectivity index is 3.92. The zero-order valence-electron chi connectivity index (χ0n) is 10.8. The fourth-order valence-electron chi connectivity index (χ4n) is 1.28. The van der Waals surface area contributed by atoms with Crippen molar-refractivity contribution in [1.29, 1.82) is 0 Å². The van der Waals surface area contributed by atoms with E-state index in [-0.39, 0.29) is 0 Å². The van der Waals surface area contributed by atoms with Crippen LogP contribution in [0.1, 0.15) is 6.42 Å². The number of rotatable bonds is 9. The summed E-state index contributed by atoms with van der Waals surface area (Å²) in [5.74, 6) is -1.60. The van der Waals surface area contributed by atoms with Crippen LogP contribution in [0, 0.1) is 0 Å². The van der Waals surface area contributed by atoms with Gasteiger partial charge in [0.05, 0.1) is 0 Å². The van der Waals surface area contributed by atoms with Crippen LogP contribution in [0.25, 0.3) is 0 Å². The molecule has 0 aromatic rings. The van der Waals surface area contributed by atoms with Crippen molar-refractivity contribution in [2.45, 2.75) is 12.5 Å². The zero-order valence-corrected chi connectivity index (χ0v) is 11.8. The van der Waals surface area contributed by atoms with Gasteiger partial charge in [-0.2, -0.15) is 0 Å². The molecule has 0 saturated heterocycles. The summed E-state index contributed by atoms with van der Waals surface area (Å²) in [6, 6.07) is 0.569. The third kappa shape index (κ3) is 6.50. The Morgan fingerprint density at radius 1 is 1.17 bits per heavy atom. The van der Waals surface area contributed by atoms with E-state index in [1.165, 1.54) is 21.3 Å². The monoisotopic (exact) mass is 277 g/mol. The number of nitrogens with one attached hydrogen (secondary N) is 1. The number of carbonyl (C=O) groups is 2. The van der Waals surface area contributed by atoms with E-state index in [4.69, 9.17) is 18.4 Å². The van der Waals surface area contributed by atoms with Gasteiger partial charge in [-0.05, 0) is 6.42 Å². The summed E-state index contributed by atoms with van der Waals surface area (Å²) >= 11 is 0. The first-order valence-electron chi connectivity index (χ1n) is 5.34. The second-order valence-corrected chi connectivity index (χ2v) is 6.45. The van der Waals surface area contributed by atoms with E-state index in [1.807, 2.05) is 0 Å². The highest BCUT2D eigenvalue weighted by Crippen LogP contribution is 2.14. The molecule has 0 unspecified atom stereocenters. The van der Waals surface area contributed by atoms with E-state index in [2.05, 4.69) is 5.32 Å². The molecular weight excluding hydrogens is 258 g/mol. The average Bonchev–Trinajstić information content (AvgIpc) is 2.37. The van der Waals surface area contributed by atoms with Crippen LogP contribution in [-0.2, 0) is 22.9 Å². The molecule has 0 bridgehead atoms. The molecule has 8 heteroatoms. The van der Waals surface area contributed by atoms with Crippen molar-refractivity contribution in [2.75, 3.05) is 27.9 Å². The quantitative estimate of drug-likeness (QED) is 0.350. The molecule has 0 aliphatic carbocycles. The van der Waals surface area contributed by atoms with Gasteiger partial charge in [0.2, 0.25) is 5.91 Å². The summed E-state index contributed by atoms with van der Waals surface area (Å²) in [4.78, 5) is 21.3. The lowest BCUT2D eigenvalue weighted by Crippen LogP contribution is -2.43. The van der Waals surface area contributed by atoms with Crippen LogP contribution in [0.3, 0.4) is 0 Å². The minimum absolute atomic E-state index is 0.396. The van der Waals surface area contributed by atoms with Gasteiger partial charge in [-0.15, -0.1) is 0 Å². The van der Waals surface area contributed by atoms with Crippen molar-refractivity contribution >= 4 is 20.7 Å². The summed E-state index contributed by atoms with van der Waals surface area (Å²) in [6.45, 7) is 0.396. The molecule has 0 spiro atoms. The molecule has 7 nitrogen and oxygen atoms in total. The number of carboxylic acids is 1. The van der Waals surface area contributed by atoms with Crippen molar-refractivity contribution in [2.24, 2.45) is 0 Å². The minimum Gasteiger partial charge on any atom is -0.478 e. The molecule has 0 aliphatic heterocycles. The van der Waals surface area contributed by atoms with E-state index in [9.17, 15) is 9.59 Å². The van der Waals surface area contributed by atoms with Gasteiger partial charge in [0.15, 0.2) is 0 Å². The van der Waals surface area contributed by atoms with E-state index in [0.29, 0.717) is 19.0 Å². The maximum absolute atomic E-state index is 11.1. The predicted molar refractivity (Wildman–Crippen MR) is 66.0 cm³/mol. The van der Waals surface area contributed by atoms with Crippen molar-refractivity contribution < 1.29 is 28.0 Å². The second-order valence-electron chi connectivity index (χ2n) is 3.36. The normalized spacial score (nSPS) is 11.7. The lowest BCUT2D eigenvalue weighted by atomic mass is 10.4. The first-order chi connectivity index (χ1) is 8.49. The zero-order chi connectivity index (χ0) is 14.0. The lowest BCUT2D eigenvalue weighted by Gasteiger charge is -2.24. The molecule has 2 N–H and O–H groups in total. The van der Waals surface area contributed by atoms with Crippen LogP contribution < -0.4 is 5.32 Å². The Morgan fingerprint density at radius 2 is 1.72 bits per heavy atom.